The van der Waals surface area contributed by atoms with Gasteiger partial charge in [-0.15, -0.1) is 0 Å². The summed E-state index contributed by atoms with van der Waals surface area (Å²) in [6.45, 7) is 9.19. The van der Waals surface area contributed by atoms with Crippen molar-refractivity contribution in [2.45, 2.75) is 58.5 Å². The number of amides is 1. The van der Waals surface area contributed by atoms with E-state index in [1.54, 1.807) is 38.4 Å². The summed E-state index contributed by atoms with van der Waals surface area (Å²) >= 11 is 0. The van der Waals surface area contributed by atoms with Crippen LogP contribution in [0.2, 0.25) is 0 Å². The summed E-state index contributed by atoms with van der Waals surface area (Å²) in [6.07, 6.45) is 2.39. The molecule has 2 aromatic heterocycles. The number of hydrogen-bond donors (Lipinski definition) is 0. The maximum Gasteiger partial charge on any atom is 0.424 e. The Kier molecular flexibility index (Phi) is 8.67. The van der Waals surface area contributed by atoms with E-state index in [1.807, 2.05) is 31.4 Å². The van der Waals surface area contributed by atoms with Gasteiger partial charge in [-0.25, -0.2) is 23.0 Å². The molecule has 0 aliphatic carbocycles. The van der Waals surface area contributed by atoms with Gasteiger partial charge < -0.3 is 14.0 Å². The average Bonchev–Trinajstić information content (AvgIpc) is 3.14. The molecule has 0 spiro atoms. The van der Waals surface area contributed by atoms with E-state index in [-0.39, 0.29) is 30.4 Å². The normalized spacial score (nSPS) is 12.5. The van der Waals surface area contributed by atoms with Gasteiger partial charge in [0.25, 0.3) is 10.0 Å². The summed E-state index contributed by atoms with van der Waals surface area (Å²) in [5, 5.41) is 0. The molecular weight excluding hydrogens is 484 g/mol. The third-order valence-corrected chi connectivity index (χ3v) is 7.34. The topological polar surface area (TPSA) is 121 Å². The molecule has 3 aromatic rings. The summed E-state index contributed by atoms with van der Waals surface area (Å²) in [6, 6.07) is 6.65. The molecule has 3 rings (SSSR count). The minimum absolute atomic E-state index is 0.0475. The van der Waals surface area contributed by atoms with Crippen molar-refractivity contribution in [1.29, 1.82) is 0 Å². The number of aromatic nitrogens is 3. The number of carbonyl (C=O) groups is 2. The van der Waals surface area contributed by atoms with E-state index in [4.69, 9.17) is 9.47 Å². The molecule has 36 heavy (non-hydrogen) atoms. The van der Waals surface area contributed by atoms with Crippen molar-refractivity contribution < 1.29 is 27.5 Å². The number of hydrogen-bond acceptors (Lipinski definition) is 8. The summed E-state index contributed by atoms with van der Waals surface area (Å²) in [7, 11) is -4.42. The molecule has 11 heteroatoms. The highest BCUT2D eigenvalue weighted by Gasteiger charge is 2.42. The first-order chi connectivity index (χ1) is 17.1. The van der Waals surface area contributed by atoms with Gasteiger partial charge in [0.05, 0.1) is 35.3 Å². The Morgan fingerprint density at radius 1 is 1.06 bits per heavy atom. The number of imidazole rings is 1. The molecule has 1 atom stereocenters. The minimum atomic E-state index is -4.42. The van der Waals surface area contributed by atoms with E-state index >= 15 is 0 Å². The Hall–Kier alpha value is -3.47. The fraction of sp³-hybridized carbons (Fsp3) is 0.440. The van der Waals surface area contributed by atoms with Crippen LogP contribution in [0.15, 0.2) is 47.6 Å². The molecule has 0 bridgehead atoms. The largest absolute Gasteiger partial charge is 0.464 e. The molecule has 0 N–H and O–H groups in total. The molecule has 10 nitrogen and oxygen atoms in total. The minimum Gasteiger partial charge on any atom is -0.464 e. The lowest BCUT2D eigenvalue weighted by Gasteiger charge is -2.29. The van der Waals surface area contributed by atoms with Gasteiger partial charge in [-0.3, -0.25) is 4.98 Å². The number of aryl methyl sites for hydroxylation is 1. The predicted octanol–water partition coefficient (Wildman–Crippen LogP) is 3.91. The van der Waals surface area contributed by atoms with E-state index in [1.165, 1.54) is 12.1 Å². The fourth-order valence-electron chi connectivity index (χ4n) is 3.91. The summed E-state index contributed by atoms with van der Waals surface area (Å²) in [4.78, 5) is 34.1. The van der Waals surface area contributed by atoms with Crippen LogP contribution in [0.3, 0.4) is 0 Å². The molecule has 1 amide bonds. The Balaban J connectivity index is 1.96. The second-order valence-electron chi connectivity index (χ2n) is 8.65. The van der Waals surface area contributed by atoms with E-state index in [9.17, 15) is 18.0 Å². The van der Waals surface area contributed by atoms with Crippen LogP contribution in [0.4, 0.5) is 4.79 Å². The van der Waals surface area contributed by atoms with Crippen LogP contribution in [-0.2, 0) is 30.8 Å². The van der Waals surface area contributed by atoms with Crippen molar-refractivity contribution in [2.24, 2.45) is 5.92 Å². The number of carbonyl (C=O) groups excluding carboxylic acids is 2. The second-order valence-corrected chi connectivity index (χ2v) is 10.5. The third kappa shape index (κ3) is 5.84. The first-order valence-electron chi connectivity index (χ1n) is 11.8. The zero-order valence-electron chi connectivity index (χ0n) is 21.2. The van der Waals surface area contributed by atoms with E-state index in [0.29, 0.717) is 10.8 Å². The highest BCUT2D eigenvalue weighted by molar-refractivity contribution is 7.89. The van der Waals surface area contributed by atoms with Gasteiger partial charge in [0.1, 0.15) is 11.9 Å². The number of pyridine rings is 1. The van der Waals surface area contributed by atoms with Crippen molar-refractivity contribution in [2.75, 3.05) is 13.2 Å². The monoisotopic (exact) mass is 516 g/mol. The number of sulfonamides is 1. The van der Waals surface area contributed by atoms with Crippen LogP contribution >= 0.6 is 0 Å². The van der Waals surface area contributed by atoms with Gasteiger partial charge in [-0.1, -0.05) is 26.0 Å². The summed E-state index contributed by atoms with van der Waals surface area (Å²) in [5.41, 5.74) is 2.51. The molecule has 0 aliphatic rings. The molecular formula is C25H32N4O6S. The van der Waals surface area contributed by atoms with E-state index in [2.05, 4.69) is 9.97 Å². The number of esters is 1. The molecule has 0 unspecified atom stereocenters. The van der Waals surface area contributed by atoms with Crippen molar-refractivity contribution in [3.05, 3.63) is 54.1 Å². The molecule has 0 saturated heterocycles. The first kappa shape index (κ1) is 27.1. The molecule has 2 heterocycles. The average molecular weight is 517 g/mol. The highest BCUT2D eigenvalue weighted by Crippen LogP contribution is 2.25. The van der Waals surface area contributed by atoms with Gasteiger partial charge in [0.2, 0.25) is 0 Å². The number of benzene rings is 1. The Bertz CT molecular complexity index is 1320. The molecule has 1 aromatic carbocycles. The maximum atomic E-state index is 13.6. The third-order valence-electron chi connectivity index (χ3n) is 5.55. The standard InChI is InChI=1S/C25H32N4O6S/c1-6-34-24(30)22(14-17(3)4)29(25(31)35-7-2)36(32,33)20-10-8-19(9-11-20)16-28-18(5)27-21-12-13-26-15-23(21)28/h8-13,15,17,22H,6-7,14,16H2,1-5H3/t22-/m0/s1. The van der Waals surface area contributed by atoms with Crippen LogP contribution in [0.25, 0.3) is 11.0 Å². The molecule has 0 radical (unpaired) electrons. The lowest BCUT2D eigenvalue weighted by molar-refractivity contribution is -0.147. The van der Waals surface area contributed by atoms with Crippen molar-refractivity contribution in [3.63, 3.8) is 0 Å². The molecule has 0 fully saturated rings. The van der Waals surface area contributed by atoms with E-state index in [0.717, 1.165) is 22.4 Å². The summed E-state index contributed by atoms with van der Waals surface area (Å²) in [5.74, 6) is -0.0821. The Morgan fingerprint density at radius 3 is 2.33 bits per heavy atom. The van der Waals surface area contributed by atoms with E-state index < -0.39 is 28.1 Å². The van der Waals surface area contributed by atoms with Gasteiger partial charge in [0.15, 0.2) is 0 Å². The number of nitrogens with zero attached hydrogens (tertiary/aromatic N) is 4. The smallest absolute Gasteiger partial charge is 0.424 e. The maximum absolute atomic E-state index is 13.6. The molecule has 0 aliphatic heterocycles. The van der Waals surface area contributed by atoms with Crippen molar-refractivity contribution >= 4 is 33.1 Å². The first-order valence-corrected chi connectivity index (χ1v) is 13.3. The zero-order chi connectivity index (χ0) is 26.5. The van der Waals surface area contributed by atoms with Crippen molar-refractivity contribution in [3.8, 4) is 0 Å². The Labute approximate surface area is 211 Å². The lowest BCUT2D eigenvalue weighted by Crippen LogP contribution is -2.50. The summed E-state index contributed by atoms with van der Waals surface area (Å²) < 4.78 is 39.9. The van der Waals surface area contributed by atoms with Gasteiger partial charge in [-0.05, 0) is 56.9 Å². The Morgan fingerprint density at radius 2 is 1.72 bits per heavy atom. The van der Waals surface area contributed by atoms with Crippen molar-refractivity contribution in [1.82, 2.24) is 18.8 Å². The zero-order valence-corrected chi connectivity index (χ0v) is 22.0. The van der Waals surface area contributed by atoms with Crippen LogP contribution in [0, 0.1) is 12.8 Å². The number of fused-ring (bicyclic) bond motifs is 1. The number of rotatable bonds is 10. The predicted molar refractivity (Wildman–Crippen MR) is 134 cm³/mol. The van der Waals surface area contributed by atoms with Gasteiger partial charge >= 0.3 is 12.1 Å². The number of ether oxygens (including phenoxy) is 2. The SMILES string of the molecule is CCOC(=O)[C@H](CC(C)C)N(C(=O)OCC)S(=O)(=O)c1ccc(Cn2c(C)nc3ccncc32)cc1. The quantitative estimate of drug-likeness (QED) is 0.372. The van der Waals surface area contributed by atoms with Crippen LogP contribution in [-0.4, -0.2) is 58.6 Å². The second kappa shape index (κ2) is 11.5. The van der Waals surface area contributed by atoms with Crippen LogP contribution < -0.4 is 0 Å². The van der Waals surface area contributed by atoms with Crippen LogP contribution in [0.5, 0.6) is 0 Å². The molecule has 194 valence electrons. The van der Waals surface area contributed by atoms with Crippen LogP contribution in [0.1, 0.15) is 45.5 Å². The lowest BCUT2D eigenvalue weighted by atomic mass is 10.0. The molecule has 0 saturated carbocycles. The highest BCUT2D eigenvalue weighted by atomic mass is 32.2. The van der Waals surface area contributed by atoms with Gasteiger partial charge in [0, 0.05) is 12.7 Å². The van der Waals surface area contributed by atoms with Gasteiger partial charge in [-0.2, -0.15) is 4.31 Å². The fourth-order valence-corrected chi connectivity index (χ4v) is 5.37.